The molecule has 0 unspecified atom stereocenters. The van der Waals surface area contributed by atoms with Crippen molar-refractivity contribution in [3.63, 3.8) is 0 Å². The van der Waals surface area contributed by atoms with E-state index in [1.807, 2.05) is 36.3 Å². The highest BCUT2D eigenvalue weighted by molar-refractivity contribution is 5.17. The first-order valence-electron chi connectivity index (χ1n) is 5.85. The normalized spacial score (nSPS) is 10.7. The van der Waals surface area contributed by atoms with Gasteiger partial charge in [0.25, 0.3) is 0 Å². The molecule has 0 saturated carbocycles. The summed E-state index contributed by atoms with van der Waals surface area (Å²) in [5, 5.41) is 7.72. The van der Waals surface area contributed by atoms with Gasteiger partial charge >= 0.3 is 0 Å². The second-order valence-corrected chi connectivity index (χ2v) is 4.17. The van der Waals surface area contributed by atoms with Crippen LogP contribution in [0.3, 0.4) is 0 Å². The lowest BCUT2D eigenvalue weighted by molar-refractivity contribution is 0.654. The molecule has 0 aliphatic carbocycles. The first-order chi connectivity index (χ1) is 8.25. The molecule has 17 heavy (non-hydrogen) atoms. The highest BCUT2D eigenvalue weighted by Crippen LogP contribution is 2.02. The van der Waals surface area contributed by atoms with E-state index < -0.39 is 0 Å². The fourth-order valence-corrected chi connectivity index (χ4v) is 1.72. The third-order valence-corrected chi connectivity index (χ3v) is 2.74. The summed E-state index contributed by atoms with van der Waals surface area (Å²) < 4.78 is 1.83. The molecule has 4 heteroatoms. The third-order valence-electron chi connectivity index (χ3n) is 2.74. The fourth-order valence-electron chi connectivity index (χ4n) is 1.72. The maximum atomic E-state index is 4.34. The van der Waals surface area contributed by atoms with Crippen molar-refractivity contribution in [1.29, 1.82) is 0 Å². The summed E-state index contributed by atoms with van der Waals surface area (Å²) >= 11 is 0. The van der Waals surface area contributed by atoms with Crippen LogP contribution in [0.5, 0.6) is 0 Å². The second kappa shape index (κ2) is 5.59. The SMILES string of the molecule is Cc1cccnc1CNCCc1ccn(C)n1. The molecule has 2 aromatic rings. The van der Waals surface area contributed by atoms with E-state index in [9.17, 15) is 0 Å². The second-order valence-electron chi connectivity index (χ2n) is 4.17. The van der Waals surface area contributed by atoms with Gasteiger partial charge in [-0.25, -0.2) is 0 Å². The van der Waals surface area contributed by atoms with Gasteiger partial charge in [-0.05, 0) is 24.6 Å². The van der Waals surface area contributed by atoms with Gasteiger partial charge in [-0.3, -0.25) is 9.67 Å². The molecule has 0 saturated heterocycles. The van der Waals surface area contributed by atoms with E-state index in [1.54, 1.807) is 0 Å². The van der Waals surface area contributed by atoms with E-state index in [1.165, 1.54) is 5.56 Å². The molecule has 2 aromatic heterocycles. The molecule has 2 rings (SSSR count). The Morgan fingerprint density at radius 1 is 1.35 bits per heavy atom. The molecule has 90 valence electrons. The van der Waals surface area contributed by atoms with Crippen molar-refractivity contribution < 1.29 is 0 Å². The predicted octanol–water partition coefficient (Wildman–Crippen LogP) is 1.46. The Balaban J connectivity index is 1.75. The van der Waals surface area contributed by atoms with E-state index in [0.29, 0.717) is 0 Å². The van der Waals surface area contributed by atoms with Gasteiger partial charge in [0.15, 0.2) is 0 Å². The van der Waals surface area contributed by atoms with Crippen LogP contribution in [0.4, 0.5) is 0 Å². The van der Waals surface area contributed by atoms with Crippen molar-refractivity contribution >= 4 is 0 Å². The number of nitrogens with one attached hydrogen (secondary N) is 1. The van der Waals surface area contributed by atoms with Crippen LogP contribution in [0, 0.1) is 6.92 Å². The number of hydrogen-bond donors (Lipinski definition) is 1. The first kappa shape index (κ1) is 11.8. The largest absolute Gasteiger partial charge is 0.311 e. The van der Waals surface area contributed by atoms with Crippen LogP contribution >= 0.6 is 0 Å². The minimum atomic E-state index is 0.819. The highest BCUT2D eigenvalue weighted by atomic mass is 15.2. The van der Waals surface area contributed by atoms with Crippen LogP contribution < -0.4 is 5.32 Å². The zero-order valence-electron chi connectivity index (χ0n) is 10.3. The zero-order valence-corrected chi connectivity index (χ0v) is 10.3. The summed E-state index contributed by atoms with van der Waals surface area (Å²) in [6.45, 7) is 3.83. The van der Waals surface area contributed by atoms with Crippen molar-refractivity contribution in [1.82, 2.24) is 20.1 Å². The average molecular weight is 230 g/mol. The van der Waals surface area contributed by atoms with E-state index in [2.05, 4.69) is 28.4 Å². The summed E-state index contributed by atoms with van der Waals surface area (Å²) in [4.78, 5) is 4.34. The van der Waals surface area contributed by atoms with Gasteiger partial charge in [-0.1, -0.05) is 6.07 Å². The van der Waals surface area contributed by atoms with Crippen molar-refractivity contribution in [3.8, 4) is 0 Å². The molecule has 0 amide bonds. The molecule has 0 aliphatic rings. The number of pyridine rings is 1. The van der Waals surface area contributed by atoms with Gasteiger partial charge < -0.3 is 5.32 Å². The van der Waals surface area contributed by atoms with Crippen molar-refractivity contribution in [3.05, 3.63) is 47.5 Å². The standard InChI is InChI=1S/C13H18N4/c1-11-4-3-7-15-13(11)10-14-8-5-12-6-9-17(2)16-12/h3-4,6-7,9,14H,5,8,10H2,1-2H3. The van der Waals surface area contributed by atoms with Crippen LogP contribution in [0.1, 0.15) is 17.0 Å². The van der Waals surface area contributed by atoms with Crippen molar-refractivity contribution in [2.24, 2.45) is 7.05 Å². The van der Waals surface area contributed by atoms with Gasteiger partial charge in [0, 0.05) is 39.0 Å². The lowest BCUT2D eigenvalue weighted by atomic mass is 10.2. The molecule has 0 spiro atoms. The van der Waals surface area contributed by atoms with Gasteiger partial charge in [0.1, 0.15) is 0 Å². The van der Waals surface area contributed by atoms with E-state index in [4.69, 9.17) is 0 Å². The Kier molecular flexibility index (Phi) is 3.88. The quantitative estimate of drug-likeness (QED) is 0.791. The number of hydrogen-bond acceptors (Lipinski definition) is 3. The number of nitrogens with zero attached hydrogens (tertiary/aromatic N) is 3. The maximum Gasteiger partial charge on any atom is 0.0637 e. The van der Waals surface area contributed by atoms with E-state index in [-0.39, 0.29) is 0 Å². The Labute approximate surface area is 102 Å². The van der Waals surface area contributed by atoms with Crippen LogP contribution in [0.15, 0.2) is 30.6 Å². The Morgan fingerprint density at radius 3 is 2.94 bits per heavy atom. The number of aryl methyl sites for hydroxylation is 2. The third kappa shape index (κ3) is 3.39. The van der Waals surface area contributed by atoms with Crippen molar-refractivity contribution in [2.45, 2.75) is 19.9 Å². The van der Waals surface area contributed by atoms with E-state index in [0.717, 1.165) is 30.9 Å². The Hall–Kier alpha value is -1.68. The first-order valence-corrected chi connectivity index (χ1v) is 5.85. The Bertz CT molecular complexity index is 476. The van der Waals surface area contributed by atoms with Gasteiger partial charge in [-0.2, -0.15) is 5.10 Å². The summed E-state index contributed by atoms with van der Waals surface area (Å²) in [5.41, 5.74) is 3.48. The molecule has 0 atom stereocenters. The monoisotopic (exact) mass is 230 g/mol. The minimum absolute atomic E-state index is 0.819. The molecule has 1 N–H and O–H groups in total. The van der Waals surface area contributed by atoms with Gasteiger partial charge in [-0.15, -0.1) is 0 Å². The minimum Gasteiger partial charge on any atom is -0.311 e. The zero-order chi connectivity index (χ0) is 12.1. The molecule has 0 aliphatic heterocycles. The van der Waals surface area contributed by atoms with Gasteiger partial charge in [0.2, 0.25) is 0 Å². The molecule has 0 bridgehead atoms. The Morgan fingerprint density at radius 2 is 2.24 bits per heavy atom. The average Bonchev–Trinajstić information content (AvgIpc) is 2.73. The van der Waals surface area contributed by atoms with Crippen LogP contribution in [-0.4, -0.2) is 21.3 Å². The summed E-state index contributed by atoms with van der Waals surface area (Å²) in [7, 11) is 1.94. The fraction of sp³-hybridized carbons (Fsp3) is 0.385. The topological polar surface area (TPSA) is 42.7 Å². The number of aromatic nitrogens is 3. The van der Waals surface area contributed by atoms with E-state index >= 15 is 0 Å². The lowest BCUT2D eigenvalue weighted by Crippen LogP contribution is -2.18. The van der Waals surface area contributed by atoms with Crippen molar-refractivity contribution in [2.75, 3.05) is 6.54 Å². The smallest absolute Gasteiger partial charge is 0.0637 e. The van der Waals surface area contributed by atoms with Crippen LogP contribution in [-0.2, 0) is 20.0 Å². The maximum absolute atomic E-state index is 4.34. The lowest BCUT2D eigenvalue weighted by Gasteiger charge is -2.05. The highest BCUT2D eigenvalue weighted by Gasteiger charge is 1.99. The molecular formula is C13H18N4. The molecule has 4 nitrogen and oxygen atoms in total. The van der Waals surface area contributed by atoms with Crippen LogP contribution in [0.2, 0.25) is 0 Å². The summed E-state index contributed by atoms with van der Waals surface area (Å²) in [6, 6.07) is 6.10. The molecule has 0 radical (unpaired) electrons. The predicted molar refractivity (Wildman–Crippen MR) is 67.6 cm³/mol. The number of rotatable bonds is 5. The summed E-state index contributed by atoms with van der Waals surface area (Å²) in [5.74, 6) is 0. The molecule has 0 aromatic carbocycles. The van der Waals surface area contributed by atoms with Crippen LogP contribution in [0.25, 0.3) is 0 Å². The summed E-state index contributed by atoms with van der Waals surface area (Å²) in [6.07, 6.45) is 4.76. The molecule has 2 heterocycles. The van der Waals surface area contributed by atoms with Gasteiger partial charge in [0.05, 0.1) is 11.4 Å². The molecular weight excluding hydrogens is 212 g/mol. The molecule has 0 fully saturated rings.